The highest BCUT2D eigenvalue weighted by Gasteiger charge is 2.24. The van der Waals surface area contributed by atoms with Crippen LogP contribution < -0.4 is 15.8 Å². The van der Waals surface area contributed by atoms with E-state index in [1.165, 1.54) is 18.7 Å². The number of aromatic nitrogens is 1. The van der Waals surface area contributed by atoms with E-state index in [9.17, 15) is 14.7 Å². The van der Waals surface area contributed by atoms with Crippen molar-refractivity contribution >= 4 is 11.8 Å². The first-order valence-corrected chi connectivity index (χ1v) is 8.84. The average Bonchev–Trinajstić information content (AvgIpc) is 2.57. The number of carbonyl (C=O) groups excluding carboxylic acids is 2. The van der Waals surface area contributed by atoms with E-state index in [0.29, 0.717) is 6.42 Å². The molecule has 1 fully saturated rings. The second-order valence-electron chi connectivity index (χ2n) is 6.94. The SMILES string of the molecule is CC(C)C[C@H](N)C(=O)NC(=O)c1nccc(OC2CCCCC2)c1O. The van der Waals surface area contributed by atoms with Gasteiger partial charge < -0.3 is 15.6 Å². The van der Waals surface area contributed by atoms with Gasteiger partial charge >= 0.3 is 0 Å². The number of aromatic hydroxyl groups is 1. The van der Waals surface area contributed by atoms with Crippen molar-refractivity contribution in [3.8, 4) is 11.5 Å². The summed E-state index contributed by atoms with van der Waals surface area (Å²) in [5.41, 5.74) is 5.53. The lowest BCUT2D eigenvalue weighted by atomic mass is 9.98. The van der Waals surface area contributed by atoms with Crippen LogP contribution in [0.4, 0.5) is 0 Å². The molecule has 1 aromatic heterocycles. The van der Waals surface area contributed by atoms with E-state index in [2.05, 4.69) is 10.3 Å². The fourth-order valence-corrected chi connectivity index (χ4v) is 2.94. The first-order valence-electron chi connectivity index (χ1n) is 8.84. The van der Waals surface area contributed by atoms with Gasteiger partial charge in [0.2, 0.25) is 5.91 Å². The zero-order valence-electron chi connectivity index (χ0n) is 14.8. The van der Waals surface area contributed by atoms with Gasteiger partial charge in [-0.1, -0.05) is 20.3 Å². The number of hydrogen-bond donors (Lipinski definition) is 3. The zero-order chi connectivity index (χ0) is 18.4. The van der Waals surface area contributed by atoms with Gasteiger partial charge in [-0.25, -0.2) is 4.98 Å². The normalized spacial score (nSPS) is 16.5. The van der Waals surface area contributed by atoms with Gasteiger partial charge in [0.25, 0.3) is 5.91 Å². The molecule has 2 amide bonds. The minimum atomic E-state index is -0.784. The number of carbonyl (C=O) groups is 2. The van der Waals surface area contributed by atoms with E-state index < -0.39 is 17.9 Å². The molecule has 0 unspecified atom stereocenters. The summed E-state index contributed by atoms with van der Waals surface area (Å²) in [6, 6.07) is 0.736. The number of imide groups is 1. The number of rotatable bonds is 6. The average molecular weight is 349 g/mol. The Labute approximate surface area is 148 Å². The molecular formula is C18H27N3O4. The topological polar surface area (TPSA) is 115 Å². The highest BCUT2D eigenvalue weighted by Crippen LogP contribution is 2.31. The van der Waals surface area contributed by atoms with Crippen molar-refractivity contribution in [2.24, 2.45) is 11.7 Å². The second-order valence-corrected chi connectivity index (χ2v) is 6.94. The summed E-state index contributed by atoms with van der Waals surface area (Å²) >= 11 is 0. The molecule has 0 aliphatic heterocycles. The smallest absolute Gasteiger partial charge is 0.280 e. The molecule has 1 atom stereocenters. The van der Waals surface area contributed by atoms with E-state index in [1.54, 1.807) is 0 Å². The molecule has 0 saturated heterocycles. The van der Waals surface area contributed by atoms with Gasteiger partial charge in [-0.15, -0.1) is 0 Å². The molecule has 138 valence electrons. The van der Waals surface area contributed by atoms with Gasteiger partial charge in [0, 0.05) is 12.3 Å². The van der Waals surface area contributed by atoms with Crippen LogP contribution >= 0.6 is 0 Å². The monoisotopic (exact) mass is 349 g/mol. The van der Waals surface area contributed by atoms with Crippen LogP contribution in [0.15, 0.2) is 12.3 Å². The van der Waals surface area contributed by atoms with Crippen molar-refractivity contribution in [1.82, 2.24) is 10.3 Å². The lowest BCUT2D eigenvalue weighted by molar-refractivity contribution is -0.121. The van der Waals surface area contributed by atoms with Gasteiger partial charge in [0.1, 0.15) is 0 Å². The molecule has 4 N–H and O–H groups in total. The Bertz CT molecular complexity index is 612. The number of nitrogens with two attached hydrogens (primary N) is 1. The lowest BCUT2D eigenvalue weighted by Gasteiger charge is -2.23. The molecule has 1 aliphatic carbocycles. The first-order chi connectivity index (χ1) is 11.9. The summed E-state index contributed by atoms with van der Waals surface area (Å²) in [5, 5.41) is 12.5. The Kier molecular flexibility index (Phi) is 6.75. The molecule has 0 radical (unpaired) electrons. The molecule has 7 heteroatoms. The molecule has 0 spiro atoms. The van der Waals surface area contributed by atoms with Crippen molar-refractivity contribution in [1.29, 1.82) is 0 Å². The van der Waals surface area contributed by atoms with Crippen LogP contribution in [0, 0.1) is 5.92 Å². The highest BCUT2D eigenvalue weighted by molar-refractivity contribution is 6.06. The standard InChI is InChI=1S/C18H27N3O4/c1-11(2)10-13(19)17(23)21-18(24)15-16(22)14(8-9-20-15)25-12-6-4-3-5-7-12/h8-9,11-13,22H,3-7,10,19H2,1-2H3,(H,21,23,24)/t13-/m0/s1. The predicted molar refractivity (Wildman–Crippen MR) is 93.3 cm³/mol. The molecule has 1 aromatic rings. The van der Waals surface area contributed by atoms with Crippen molar-refractivity contribution in [3.63, 3.8) is 0 Å². The highest BCUT2D eigenvalue weighted by atomic mass is 16.5. The van der Waals surface area contributed by atoms with Crippen LogP contribution in [-0.2, 0) is 4.79 Å². The number of ether oxygens (including phenoxy) is 1. The molecule has 1 aliphatic rings. The minimum absolute atomic E-state index is 0.0269. The number of hydrogen-bond acceptors (Lipinski definition) is 6. The predicted octanol–water partition coefficient (Wildman–Crippen LogP) is 2.13. The lowest BCUT2D eigenvalue weighted by Crippen LogP contribution is -2.44. The molecule has 2 rings (SSSR count). The summed E-state index contributed by atoms with van der Waals surface area (Å²) in [6.45, 7) is 3.88. The van der Waals surface area contributed by atoms with Crippen LogP contribution in [-0.4, -0.2) is 34.1 Å². The van der Waals surface area contributed by atoms with Crippen LogP contribution in [0.5, 0.6) is 11.5 Å². The zero-order valence-corrected chi connectivity index (χ0v) is 14.8. The maximum absolute atomic E-state index is 12.2. The molecule has 1 saturated carbocycles. The van der Waals surface area contributed by atoms with Crippen LogP contribution in [0.2, 0.25) is 0 Å². The van der Waals surface area contributed by atoms with E-state index in [1.807, 2.05) is 13.8 Å². The Morgan fingerprint density at radius 1 is 1.36 bits per heavy atom. The number of nitrogens with zero attached hydrogens (tertiary/aromatic N) is 1. The summed E-state index contributed by atoms with van der Waals surface area (Å²) in [7, 11) is 0. The molecule has 1 heterocycles. The molecule has 7 nitrogen and oxygen atoms in total. The van der Waals surface area contributed by atoms with Crippen molar-refractivity contribution in [2.45, 2.75) is 64.5 Å². The Morgan fingerprint density at radius 2 is 2.04 bits per heavy atom. The number of nitrogens with one attached hydrogen (secondary N) is 1. The number of amides is 2. The summed E-state index contributed by atoms with van der Waals surface area (Å²) in [6.07, 6.45) is 7.08. The molecule has 0 bridgehead atoms. The van der Waals surface area contributed by atoms with Crippen molar-refractivity contribution in [3.05, 3.63) is 18.0 Å². The van der Waals surface area contributed by atoms with E-state index in [4.69, 9.17) is 10.5 Å². The fourth-order valence-electron chi connectivity index (χ4n) is 2.94. The van der Waals surface area contributed by atoms with Crippen LogP contribution in [0.3, 0.4) is 0 Å². The Morgan fingerprint density at radius 3 is 2.68 bits per heavy atom. The molecule has 25 heavy (non-hydrogen) atoms. The van der Waals surface area contributed by atoms with Gasteiger partial charge in [-0.3, -0.25) is 14.9 Å². The van der Waals surface area contributed by atoms with Gasteiger partial charge in [0.05, 0.1) is 12.1 Å². The Hall–Kier alpha value is -2.15. The second kappa shape index (κ2) is 8.80. The maximum atomic E-state index is 12.2. The van der Waals surface area contributed by atoms with Crippen LogP contribution in [0.1, 0.15) is 62.9 Å². The summed E-state index contributed by atoms with van der Waals surface area (Å²) in [5.74, 6) is -1.27. The first kappa shape index (κ1) is 19.2. The number of pyridine rings is 1. The fraction of sp³-hybridized carbons (Fsp3) is 0.611. The third-order valence-electron chi connectivity index (χ3n) is 4.25. The summed E-state index contributed by atoms with van der Waals surface area (Å²) in [4.78, 5) is 28.1. The largest absolute Gasteiger partial charge is 0.503 e. The maximum Gasteiger partial charge on any atom is 0.280 e. The third kappa shape index (κ3) is 5.42. The van der Waals surface area contributed by atoms with Crippen molar-refractivity contribution in [2.75, 3.05) is 0 Å². The van der Waals surface area contributed by atoms with Gasteiger partial charge in [-0.2, -0.15) is 0 Å². The molecule has 0 aromatic carbocycles. The van der Waals surface area contributed by atoms with E-state index in [-0.39, 0.29) is 29.2 Å². The van der Waals surface area contributed by atoms with E-state index in [0.717, 1.165) is 25.7 Å². The third-order valence-corrected chi connectivity index (χ3v) is 4.25. The van der Waals surface area contributed by atoms with E-state index >= 15 is 0 Å². The van der Waals surface area contributed by atoms with Crippen molar-refractivity contribution < 1.29 is 19.4 Å². The molecular weight excluding hydrogens is 322 g/mol. The quantitative estimate of drug-likeness (QED) is 0.725. The summed E-state index contributed by atoms with van der Waals surface area (Å²) < 4.78 is 5.80. The minimum Gasteiger partial charge on any atom is -0.503 e. The van der Waals surface area contributed by atoms with Gasteiger partial charge in [0.15, 0.2) is 17.2 Å². The van der Waals surface area contributed by atoms with Gasteiger partial charge in [-0.05, 0) is 38.0 Å². The van der Waals surface area contributed by atoms with Crippen LogP contribution in [0.25, 0.3) is 0 Å². The Balaban J connectivity index is 2.04.